The first-order valence-electron chi connectivity index (χ1n) is 3.70. The van der Waals surface area contributed by atoms with Gasteiger partial charge in [0.25, 0.3) is 6.17 Å². The Morgan fingerprint density at radius 3 is 2.64 bits per heavy atom. The van der Waals surface area contributed by atoms with Crippen LogP contribution in [0.5, 0.6) is 0 Å². The van der Waals surface area contributed by atoms with Gasteiger partial charge in [-0.3, -0.25) is 10.1 Å². The fraction of sp³-hybridized carbons (Fsp3) is 1.00. The lowest BCUT2D eigenvalue weighted by Gasteiger charge is -2.36. The summed E-state index contributed by atoms with van der Waals surface area (Å²) in [5.74, 6) is 0. The lowest BCUT2D eigenvalue weighted by molar-refractivity contribution is -0.556. The second-order valence-electron chi connectivity index (χ2n) is 2.78. The first-order chi connectivity index (χ1) is 5.15. The fourth-order valence-corrected chi connectivity index (χ4v) is 1.27. The van der Waals surface area contributed by atoms with Gasteiger partial charge in [-0.15, -0.1) is 0 Å². The number of aliphatic hydroxyl groups is 1. The zero-order valence-corrected chi connectivity index (χ0v) is 6.43. The number of likely N-dealkylation sites (tertiary alicyclic amines) is 1. The van der Waals surface area contributed by atoms with E-state index in [0.717, 1.165) is 0 Å². The monoisotopic (exact) mass is 160 g/mol. The van der Waals surface area contributed by atoms with Crippen LogP contribution in [0.4, 0.5) is 0 Å². The summed E-state index contributed by atoms with van der Waals surface area (Å²) >= 11 is 0. The molecule has 1 heterocycles. The van der Waals surface area contributed by atoms with Crippen LogP contribution in [0.1, 0.15) is 13.3 Å². The molecule has 1 saturated heterocycles. The van der Waals surface area contributed by atoms with Crippen molar-refractivity contribution in [3.05, 3.63) is 10.1 Å². The number of hydrogen-bond acceptors (Lipinski definition) is 4. The van der Waals surface area contributed by atoms with Gasteiger partial charge in [-0.05, 0) is 0 Å². The molecule has 64 valence electrons. The molecule has 1 rings (SSSR count). The molecular formula is C6H12N2O3. The van der Waals surface area contributed by atoms with Crippen molar-refractivity contribution >= 4 is 0 Å². The molecule has 0 aromatic heterocycles. The molecule has 0 radical (unpaired) electrons. The van der Waals surface area contributed by atoms with Gasteiger partial charge in [0.1, 0.15) is 0 Å². The highest BCUT2D eigenvalue weighted by molar-refractivity contribution is 4.80. The topological polar surface area (TPSA) is 66.6 Å². The van der Waals surface area contributed by atoms with Crippen molar-refractivity contribution < 1.29 is 10.0 Å². The normalized spacial score (nSPS) is 22.7. The molecule has 0 spiro atoms. The Bertz CT molecular complexity index is 156. The number of rotatable bonds is 3. The standard InChI is InChI=1S/C6H12N2O3/c1-2-6(8(10)11)7-3-5(9)4-7/h5-6,9H,2-4H2,1H3. The fourth-order valence-electron chi connectivity index (χ4n) is 1.27. The summed E-state index contributed by atoms with van der Waals surface area (Å²) in [5, 5.41) is 19.2. The Morgan fingerprint density at radius 2 is 2.36 bits per heavy atom. The van der Waals surface area contributed by atoms with Gasteiger partial charge in [0.15, 0.2) is 0 Å². The highest BCUT2D eigenvalue weighted by Gasteiger charge is 2.36. The molecule has 5 heteroatoms. The molecule has 5 nitrogen and oxygen atoms in total. The Morgan fingerprint density at radius 1 is 1.82 bits per heavy atom. The molecule has 1 N–H and O–H groups in total. The van der Waals surface area contributed by atoms with Crippen LogP contribution in [0.15, 0.2) is 0 Å². The highest BCUT2D eigenvalue weighted by atomic mass is 16.6. The van der Waals surface area contributed by atoms with E-state index in [0.29, 0.717) is 19.5 Å². The van der Waals surface area contributed by atoms with E-state index in [1.165, 1.54) is 0 Å². The zero-order valence-electron chi connectivity index (χ0n) is 6.43. The number of nitro groups is 1. The largest absolute Gasteiger partial charge is 0.390 e. The number of hydrogen-bond donors (Lipinski definition) is 1. The molecule has 0 aromatic carbocycles. The molecule has 1 fully saturated rings. The SMILES string of the molecule is CCC(N1CC(O)C1)[N+](=O)[O-]. The average molecular weight is 160 g/mol. The molecule has 0 amide bonds. The molecule has 11 heavy (non-hydrogen) atoms. The van der Waals surface area contributed by atoms with Crippen molar-refractivity contribution in [1.29, 1.82) is 0 Å². The second-order valence-corrected chi connectivity index (χ2v) is 2.78. The van der Waals surface area contributed by atoms with Crippen LogP contribution >= 0.6 is 0 Å². The summed E-state index contributed by atoms with van der Waals surface area (Å²) in [4.78, 5) is 11.7. The van der Waals surface area contributed by atoms with E-state index in [-0.39, 0.29) is 11.0 Å². The van der Waals surface area contributed by atoms with Crippen LogP contribution in [0.3, 0.4) is 0 Å². The lowest BCUT2D eigenvalue weighted by atomic mass is 10.1. The Hall–Kier alpha value is -0.680. The van der Waals surface area contributed by atoms with Gasteiger partial charge < -0.3 is 5.11 Å². The summed E-state index contributed by atoms with van der Waals surface area (Å²) in [6, 6.07) is 0. The van der Waals surface area contributed by atoms with Crippen molar-refractivity contribution in [3.63, 3.8) is 0 Å². The predicted octanol–water partition coefficient (Wildman–Crippen LogP) is -0.324. The maximum atomic E-state index is 10.4. The summed E-state index contributed by atoms with van der Waals surface area (Å²) in [6.45, 7) is 2.66. The average Bonchev–Trinajstić information content (AvgIpc) is 1.85. The Kier molecular flexibility index (Phi) is 2.41. The van der Waals surface area contributed by atoms with Crippen LogP contribution in [0.2, 0.25) is 0 Å². The maximum Gasteiger partial charge on any atom is 0.268 e. The Labute approximate surface area is 64.8 Å². The molecule has 0 bridgehead atoms. The maximum absolute atomic E-state index is 10.4. The van der Waals surface area contributed by atoms with Crippen LogP contribution < -0.4 is 0 Å². The quantitative estimate of drug-likeness (QED) is 0.453. The predicted molar refractivity (Wildman–Crippen MR) is 38.7 cm³/mol. The van der Waals surface area contributed by atoms with Crippen LogP contribution in [0.25, 0.3) is 0 Å². The van der Waals surface area contributed by atoms with E-state index in [9.17, 15) is 10.1 Å². The van der Waals surface area contributed by atoms with E-state index in [1.807, 2.05) is 0 Å². The van der Waals surface area contributed by atoms with Crippen molar-refractivity contribution in [2.24, 2.45) is 0 Å². The van der Waals surface area contributed by atoms with Gasteiger partial charge in [0.2, 0.25) is 0 Å². The molecule has 0 aliphatic carbocycles. The summed E-state index contributed by atoms with van der Waals surface area (Å²) < 4.78 is 0. The first-order valence-corrected chi connectivity index (χ1v) is 3.70. The van der Waals surface area contributed by atoms with Gasteiger partial charge in [-0.25, -0.2) is 4.90 Å². The van der Waals surface area contributed by atoms with E-state index >= 15 is 0 Å². The minimum atomic E-state index is -0.599. The van der Waals surface area contributed by atoms with Crippen molar-refractivity contribution in [2.45, 2.75) is 25.6 Å². The van der Waals surface area contributed by atoms with Crippen LogP contribution in [0, 0.1) is 10.1 Å². The Balaban J connectivity index is 2.38. The second kappa shape index (κ2) is 3.15. The number of nitrogens with zero attached hydrogens (tertiary/aromatic N) is 2. The summed E-state index contributed by atoms with van der Waals surface area (Å²) in [5.41, 5.74) is 0. The molecule has 1 atom stereocenters. The van der Waals surface area contributed by atoms with Gasteiger partial charge in [0.05, 0.1) is 6.10 Å². The summed E-state index contributed by atoms with van der Waals surface area (Å²) in [7, 11) is 0. The molecular weight excluding hydrogens is 148 g/mol. The molecule has 0 saturated carbocycles. The van der Waals surface area contributed by atoms with Gasteiger partial charge in [0, 0.05) is 24.4 Å². The van der Waals surface area contributed by atoms with Gasteiger partial charge >= 0.3 is 0 Å². The molecule has 1 unspecified atom stereocenters. The third-order valence-electron chi connectivity index (χ3n) is 1.92. The van der Waals surface area contributed by atoms with Crippen molar-refractivity contribution in [3.8, 4) is 0 Å². The molecule has 1 aliphatic rings. The lowest BCUT2D eigenvalue weighted by Crippen LogP contribution is -2.57. The van der Waals surface area contributed by atoms with E-state index in [4.69, 9.17) is 5.11 Å². The van der Waals surface area contributed by atoms with Crippen molar-refractivity contribution in [1.82, 2.24) is 4.90 Å². The molecule has 0 aromatic rings. The van der Waals surface area contributed by atoms with E-state index < -0.39 is 6.17 Å². The van der Waals surface area contributed by atoms with Crippen molar-refractivity contribution in [2.75, 3.05) is 13.1 Å². The van der Waals surface area contributed by atoms with Gasteiger partial charge in [-0.1, -0.05) is 6.92 Å². The number of aliphatic hydroxyl groups excluding tert-OH is 1. The highest BCUT2D eigenvalue weighted by Crippen LogP contribution is 2.14. The third kappa shape index (κ3) is 1.66. The van der Waals surface area contributed by atoms with E-state index in [2.05, 4.69) is 0 Å². The minimum Gasteiger partial charge on any atom is -0.390 e. The molecule has 1 aliphatic heterocycles. The van der Waals surface area contributed by atoms with Crippen LogP contribution in [-0.4, -0.2) is 40.3 Å². The third-order valence-corrected chi connectivity index (χ3v) is 1.92. The first kappa shape index (κ1) is 8.42. The van der Waals surface area contributed by atoms with E-state index in [1.54, 1.807) is 11.8 Å². The summed E-state index contributed by atoms with van der Waals surface area (Å²) in [6.07, 6.45) is -0.456. The number of β-amino-alcohol motifs (C(OH)–C–C–N with tert-alkyl or cyclic N) is 1. The van der Waals surface area contributed by atoms with Crippen LogP contribution in [-0.2, 0) is 0 Å². The smallest absolute Gasteiger partial charge is 0.268 e. The minimum absolute atomic E-state index is 0.300. The zero-order chi connectivity index (χ0) is 8.43. The van der Waals surface area contributed by atoms with Gasteiger partial charge in [-0.2, -0.15) is 0 Å².